The summed E-state index contributed by atoms with van der Waals surface area (Å²) >= 11 is 5.93. The molecule has 0 amide bonds. The molecule has 0 aliphatic rings. The van der Waals surface area contributed by atoms with Gasteiger partial charge in [-0.1, -0.05) is 24.9 Å². The molecule has 96 valence electrons. The van der Waals surface area contributed by atoms with Crippen LogP contribution in [0.15, 0.2) is 23.1 Å². The van der Waals surface area contributed by atoms with Crippen LogP contribution in [0.2, 0.25) is 5.02 Å². The topological polar surface area (TPSA) is 43.4 Å². The fourth-order valence-electron chi connectivity index (χ4n) is 1.41. The van der Waals surface area contributed by atoms with Gasteiger partial charge in [-0.05, 0) is 31.5 Å². The lowest BCUT2D eigenvalue weighted by Crippen LogP contribution is -2.11. The third kappa shape index (κ3) is 4.37. The van der Waals surface area contributed by atoms with E-state index in [4.69, 9.17) is 27.0 Å². The molecule has 3 nitrogen and oxygen atoms in total. The van der Waals surface area contributed by atoms with Crippen molar-refractivity contribution >= 4 is 31.3 Å². The lowest BCUT2D eigenvalue weighted by atomic mass is 10.2. The highest BCUT2D eigenvalue weighted by Crippen LogP contribution is 2.29. The molecule has 1 atom stereocenters. The molecule has 0 bridgehead atoms. The first-order valence-corrected chi connectivity index (χ1v) is 7.94. The van der Waals surface area contributed by atoms with Gasteiger partial charge in [-0.3, -0.25) is 0 Å². The highest BCUT2D eigenvalue weighted by Gasteiger charge is 2.14. The first-order chi connectivity index (χ1) is 7.84. The maximum Gasteiger partial charge on any atom is 0.261 e. The normalized spacial score (nSPS) is 13.4. The van der Waals surface area contributed by atoms with Crippen LogP contribution in [0.25, 0.3) is 0 Å². The van der Waals surface area contributed by atoms with E-state index in [0.29, 0.717) is 5.75 Å². The van der Waals surface area contributed by atoms with Gasteiger partial charge in [0.15, 0.2) is 0 Å². The molecular weight excluding hydrogens is 283 g/mol. The molecule has 0 aromatic heterocycles. The maximum atomic E-state index is 11.1. The van der Waals surface area contributed by atoms with Crippen molar-refractivity contribution in [1.29, 1.82) is 0 Å². The molecular formula is C11H14Cl2O3S. The zero-order valence-corrected chi connectivity index (χ0v) is 11.9. The van der Waals surface area contributed by atoms with E-state index in [9.17, 15) is 8.42 Å². The summed E-state index contributed by atoms with van der Waals surface area (Å²) in [5.41, 5.74) is 0. The summed E-state index contributed by atoms with van der Waals surface area (Å²) in [6, 6.07) is 4.18. The monoisotopic (exact) mass is 296 g/mol. The Morgan fingerprint density at radius 2 is 2.06 bits per heavy atom. The number of rotatable bonds is 5. The molecule has 1 aromatic carbocycles. The van der Waals surface area contributed by atoms with E-state index in [2.05, 4.69) is 6.92 Å². The number of hydrogen-bond acceptors (Lipinski definition) is 3. The van der Waals surface area contributed by atoms with Crippen molar-refractivity contribution in [3.63, 3.8) is 0 Å². The zero-order valence-electron chi connectivity index (χ0n) is 9.61. The van der Waals surface area contributed by atoms with Crippen molar-refractivity contribution in [2.24, 2.45) is 0 Å². The van der Waals surface area contributed by atoms with Crippen LogP contribution >= 0.6 is 22.3 Å². The van der Waals surface area contributed by atoms with Gasteiger partial charge in [0.25, 0.3) is 9.05 Å². The molecule has 0 aliphatic carbocycles. The Morgan fingerprint density at radius 1 is 1.41 bits per heavy atom. The Morgan fingerprint density at radius 3 is 2.53 bits per heavy atom. The van der Waals surface area contributed by atoms with E-state index in [0.717, 1.165) is 12.8 Å². The van der Waals surface area contributed by atoms with E-state index >= 15 is 0 Å². The van der Waals surface area contributed by atoms with Crippen LogP contribution in [0, 0.1) is 0 Å². The van der Waals surface area contributed by atoms with E-state index < -0.39 is 9.05 Å². The van der Waals surface area contributed by atoms with Gasteiger partial charge >= 0.3 is 0 Å². The fraction of sp³-hybridized carbons (Fsp3) is 0.455. The number of ether oxygens (including phenoxy) is 1. The average molecular weight is 297 g/mol. The molecule has 0 spiro atoms. The first-order valence-electron chi connectivity index (χ1n) is 5.25. The number of halogens is 2. The molecule has 1 unspecified atom stereocenters. The van der Waals surface area contributed by atoms with Crippen molar-refractivity contribution in [2.45, 2.75) is 37.7 Å². The van der Waals surface area contributed by atoms with Crippen molar-refractivity contribution < 1.29 is 13.2 Å². The van der Waals surface area contributed by atoms with Crippen molar-refractivity contribution in [1.82, 2.24) is 0 Å². The molecule has 0 aliphatic heterocycles. The van der Waals surface area contributed by atoms with Crippen LogP contribution < -0.4 is 4.74 Å². The summed E-state index contributed by atoms with van der Waals surface area (Å²) < 4.78 is 27.8. The predicted molar refractivity (Wildman–Crippen MR) is 69.5 cm³/mol. The van der Waals surface area contributed by atoms with Crippen LogP contribution in [0.3, 0.4) is 0 Å². The molecule has 0 N–H and O–H groups in total. The Kier molecular flexibility index (Phi) is 5.10. The van der Waals surface area contributed by atoms with Crippen LogP contribution in [0.5, 0.6) is 5.75 Å². The van der Waals surface area contributed by atoms with E-state index in [1.165, 1.54) is 18.2 Å². The first kappa shape index (κ1) is 14.6. The van der Waals surface area contributed by atoms with Crippen LogP contribution in [0.1, 0.15) is 26.7 Å². The Labute approximate surface area is 111 Å². The minimum absolute atomic E-state index is 0.0281. The highest BCUT2D eigenvalue weighted by atomic mass is 35.7. The van der Waals surface area contributed by atoms with Gasteiger partial charge in [-0.15, -0.1) is 0 Å². The largest absolute Gasteiger partial charge is 0.489 e. The number of benzene rings is 1. The second-order valence-corrected chi connectivity index (χ2v) is 6.72. The van der Waals surface area contributed by atoms with Gasteiger partial charge < -0.3 is 4.74 Å². The Bertz CT molecular complexity index is 485. The maximum absolute atomic E-state index is 11.1. The van der Waals surface area contributed by atoms with Crippen molar-refractivity contribution in [3.05, 3.63) is 23.2 Å². The Balaban J connectivity index is 2.91. The summed E-state index contributed by atoms with van der Waals surface area (Å²) in [7, 11) is 1.46. The molecule has 0 saturated carbocycles. The van der Waals surface area contributed by atoms with Gasteiger partial charge in [0, 0.05) is 10.7 Å². The minimum atomic E-state index is -3.75. The van der Waals surface area contributed by atoms with Gasteiger partial charge in [0.05, 0.1) is 16.0 Å². The zero-order chi connectivity index (χ0) is 13.1. The summed E-state index contributed by atoms with van der Waals surface area (Å²) in [5.74, 6) is 0.469. The van der Waals surface area contributed by atoms with E-state index in [1.54, 1.807) is 0 Å². The Hall–Kier alpha value is -0.450. The standard InChI is InChI=1S/C11H14Cl2O3S/c1-3-4-8(2)16-11-6-5-9(7-10(11)12)17(13,14)15/h5-8H,3-4H2,1-2H3. The molecule has 6 heteroatoms. The second kappa shape index (κ2) is 5.94. The molecule has 1 aromatic rings. The molecule has 0 radical (unpaired) electrons. The molecule has 0 fully saturated rings. The van der Waals surface area contributed by atoms with Crippen LogP contribution in [0.4, 0.5) is 0 Å². The lowest BCUT2D eigenvalue weighted by molar-refractivity contribution is 0.210. The highest BCUT2D eigenvalue weighted by molar-refractivity contribution is 8.13. The van der Waals surface area contributed by atoms with E-state index in [1.807, 2.05) is 6.92 Å². The van der Waals surface area contributed by atoms with Crippen molar-refractivity contribution in [3.8, 4) is 5.75 Å². The van der Waals surface area contributed by atoms with Crippen LogP contribution in [-0.4, -0.2) is 14.5 Å². The average Bonchev–Trinajstić information content (AvgIpc) is 2.20. The van der Waals surface area contributed by atoms with Crippen molar-refractivity contribution in [2.75, 3.05) is 0 Å². The van der Waals surface area contributed by atoms with E-state index in [-0.39, 0.29) is 16.0 Å². The third-order valence-corrected chi connectivity index (χ3v) is 3.86. The predicted octanol–water partition coefficient (Wildman–Crippen LogP) is 3.83. The smallest absolute Gasteiger partial charge is 0.261 e. The molecule has 1 rings (SSSR count). The van der Waals surface area contributed by atoms with Crippen LogP contribution in [-0.2, 0) is 9.05 Å². The summed E-state index contributed by atoms with van der Waals surface area (Å²) in [4.78, 5) is -0.0281. The fourth-order valence-corrected chi connectivity index (χ4v) is 2.48. The SMILES string of the molecule is CCCC(C)Oc1ccc(S(=O)(=O)Cl)cc1Cl. The molecule has 0 saturated heterocycles. The molecule has 17 heavy (non-hydrogen) atoms. The quantitative estimate of drug-likeness (QED) is 0.776. The second-order valence-electron chi connectivity index (χ2n) is 3.75. The lowest BCUT2D eigenvalue weighted by Gasteiger charge is -2.15. The molecule has 0 heterocycles. The minimum Gasteiger partial charge on any atom is -0.489 e. The summed E-state index contributed by atoms with van der Waals surface area (Å²) in [5, 5.41) is 0.245. The van der Waals surface area contributed by atoms with Gasteiger partial charge in [-0.2, -0.15) is 0 Å². The summed E-state index contributed by atoms with van der Waals surface area (Å²) in [6.45, 7) is 4.00. The third-order valence-electron chi connectivity index (χ3n) is 2.21. The van der Waals surface area contributed by atoms with Gasteiger partial charge in [0.2, 0.25) is 0 Å². The van der Waals surface area contributed by atoms with Gasteiger partial charge in [-0.25, -0.2) is 8.42 Å². The van der Waals surface area contributed by atoms with Gasteiger partial charge in [0.1, 0.15) is 5.75 Å². The summed E-state index contributed by atoms with van der Waals surface area (Å²) in [6.07, 6.45) is 1.95. The number of hydrogen-bond donors (Lipinski definition) is 0.